The van der Waals surface area contributed by atoms with Gasteiger partial charge in [0.25, 0.3) is 0 Å². The number of methoxy groups -OCH3 is 1. The summed E-state index contributed by atoms with van der Waals surface area (Å²) in [5.74, 6) is 1.000. The van der Waals surface area contributed by atoms with E-state index in [1.807, 2.05) is 30.3 Å². The SMILES string of the molecule is CCN(CC)S(=O)(=O)c1ccc(SCC(=O)N(C)Cc2ccc3cc(OC)ccc3c2)nc1. The molecule has 2 aromatic carbocycles. The van der Waals surface area contributed by atoms with Crippen molar-refractivity contribution in [3.05, 3.63) is 60.3 Å². The number of fused-ring (bicyclic) bond motifs is 1. The van der Waals surface area contributed by atoms with Gasteiger partial charge in [-0.1, -0.05) is 43.8 Å². The highest BCUT2D eigenvalue weighted by Gasteiger charge is 2.22. The molecule has 0 radical (unpaired) electrons. The van der Waals surface area contributed by atoms with Crippen LogP contribution < -0.4 is 4.74 Å². The predicted molar refractivity (Wildman–Crippen MR) is 132 cm³/mol. The minimum atomic E-state index is -3.54. The number of rotatable bonds is 10. The number of nitrogens with zero attached hydrogens (tertiary/aromatic N) is 3. The van der Waals surface area contributed by atoms with Crippen molar-refractivity contribution in [2.24, 2.45) is 0 Å². The molecule has 3 rings (SSSR count). The van der Waals surface area contributed by atoms with Gasteiger partial charge in [-0.25, -0.2) is 13.4 Å². The number of benzene rings is 2. The van der Waals surface area contributed by atoms with Crippen LogP contribution >= 0.6 is 11.8 Å². The van der Waals surface area contributed by atoms with Crippen molar-refractivity contribution in [1.82, 2.24) is 14.2 Å². The normalized spacial score (nSPS) is 11.7. The Hall–Kier alpha value is -2.62. The summed E-state index contributed by atoms with van der Waals surface area (Å²) in [6, 6.07) is 15.2. The number of carbonyl (C=O) groups excluding carboxylic acids is 1. The molecular formula is C24H29N3O4S2. The number of thioether (sulfide) groups is 1. The van der Waals surface area contributed by atoms with Crippen molar-refractivity contribution in [3.8, 4) is 5.75 Å². The molecular weight excluding hydrogens is 458 g/mol. The fourth-order valence-electron chi connectivity index (χ4n) is 3.42. The first-order valence-corrected chi connectivity index (χ1v) is 13.1. The van der Waals surface area contributed by atoms with Crippen molar-refractivity contribution < 1.29 is 17.9 Å². The van der Waals surface area contributed by atoms with Crippen LogP contribution in [-0.2, 0) is 21.4 Å². The summed E-state index contributed by atoms with van der Waals surface area (Å²) >= 11 is 1.29. The van der Waals surface area contributed by atoms with E-state index in [0.717, 1.165) is 22.1 Å². The summed E-state index contributed by atoms with van der Waals surface area (Å²) in [5.41, 5.74) is 1.04. The molecule has 7 nitrogen and oxygen atoms in total. The first-order valence-electron chi connectivity index (χ1n) is 10.7. The van der Waals surface area contributed by atoms with Crippen LogP contribution in [-0.4, -0.2) is 61.5 Å². The Balaban J connectivity index is 1.58. The zero-order valence-electron chi connectivity index (χ0n) is 19.3. The van der Waals surface area contributed by atoms with Gasteiger partial charge in [-0.3, -0.25) is 4.79 Å². The first-order chi connectivity index (χ1) is 15.8. The molecule has 3 aromatic rings. The standard InChI is InChI=1S/C24H29N3O4S2/c1-5-27(6-2)33(29,30)22-11-12-23(25-15-22)32-17-24(28)26(3)16-18-7-8-20-14-21(31-4)10-9-19(20)13-18/h7-15H,5-6,16-17H2,1-4H3. The number of aromatic nitrogens is 1. The Morgan fingerprint density at radius 2 is 1.73 bits per heavy atom. The number of ether oxygens (including phenoxy) is 1. The van der Waals surface area contributed by atoms with E-state index in [-0.39, 0.29) is 16.6 Å². The molecule has 0 aliphatic heterocycles. The number of carbonyl (C=O) groups is 1. The summed E-state index contributed by atoms with van der Waals surface area (Å²) in [6.45, 7) is 4.91. The summed E-state index contributed by atoms with van der Waals surface area (Å²) < 4.78 is 31.8. The van der Waals surface area contributed by atoms with Crippen LogP contribution in [0.3, 0.4) is 0 Å². The lowest BCUT2D eigenvalue weighted by Gasteiger charge is -2.18. The van der Waals surface area contributed by atoms with E-state index in [4.69, 9.17) is 4.74 Å². The van der Waals surface area contributed by atoms with Crippen molar-refractivity contribution in [1.29, 1.82) is 0 Å². The highest BCUT2D eigenvalue weighted by molar-refractivity contribution is 7.99. The molecule has 0 bridgehead atoms. The van der Waals surface area contributed by atoms with Crippen molar-refractivity contribution >= 4 is 38.5 Å². The molecule has 0 spiro atoms. The molecule has 1 heterocycles. The smallest absolute Gasteiger partial charge is 0.244 e. The van der Waals surface area contributed by atoms with Crippen LogP contribution in [0.2, 0.25) is 0 Å². The largest absolute Gasteiger partial charge is 0.497 e. The topological polar surface area (TPSA) is 79.8 Å². The lowest BCUT2D eigenvalue weighted by molar-refractivity contribution is -0.127. The van der Waals surface area contributed by atoms with E-state index in [2.05, 4.69) is 11.1 Å². The Bertz CT molecular complexity index is 1210. The van der Waals surface area contributed by atoms with Crippen LogP contribution in [0.5, 0.6) is 5.75 Å². The number of hydrogen-bond donors (Lipinski definition) is 0. The molecule has 0 N–H and O–H groups in total. The lowest BCUT2D eigenvalue weighted by Crippen LogP contribution is -2.30. The molecule has 1 amide bonds. The van der Waals surface area contributed by atoms with Crippen LogP contribution in [0.1, 0.15) is 19.4 Å². The number of pyridine rings is 1. The average Bonchev–Trinajstić information content (AvgIpc) is 2.83. The van der Waals surface area contributed by atoms with E-state index < -0.39 is 10.0 Å². The molecule has 0 atom stereocenters. The summed E-state index contributed by atoms with van der Waals surface area (Å²) in [4.78, 5) is 18.7. The van der Waals surface area contributed by atoms with Gasteiger partial charge in [0, 0.05) is 32.9 Å². The Labute approximate surface area is 199 Å². The zero-order chi connectivity index (χ0) is 24.0. The summed E-state index contributed by atoms with van der Waals surface area (Å²) in [5, 5.41) is 2.78. The highest BCUT2D eigenvalue weighted by atomic mass is 32.2. The maximum absolute atomic E-state index is 12.6. The molecule has 0 aliphatic rings. The van der Waals surface area contributed by atoms with Gasteiger partial charge in [-0.2, -0.15) is 4.31 Å². The summed E-state index contributed by atoms with van der Waals surface area (Å²) in [6.07, 6.45) is 1.36. The maximum Gasteiger partial charge on any atom is 0.244 e. The predicted octanol–water partition coefficient (Wildman–Crippen LogP) is 4.02. The Morgan fingerprint density at radius 1 is 1.03 bits per heavy atom. The quantitative estimate of drug-likeness (QED) is 0.402. The minimum Gasteiger partial charge on any atom is -0.497 e. The fraction of sp³-hybridized carbons (Fsp3) is 0.333. The molecule has 0 saturated carbocycles. The molecule has 33 heavy (non-hydrogen) atoms. The van der Waals surface area contributed by atoms with Gasteiger partial charge in [0.15, 0.2) is 0 Å². The molecule has 0 saturated heterocycles. The van der Waals surface area contributed by atoms with Gasteiger partial charge < -0.3 is 9.64 Å². The number of sulfonamides is 1. The van der Waals surface area contributed by atoms with Crippen LogP contribution in [0, 0.1) is 0 Å². The molecule has 1 aromatic heterocycles. The van der Waals surface area contributed by atoms with E-state index >= 15 is 0 Å². The van der Waals surface area contributed by atoms with Crippen molar-refractivity contribution in [3.63, 3.8) is 0 Å². The fourth-order valence-corrected chi connectivity index (χ4v) is 5.61. The van der Waals surface area contributed by atoms with Gasteiger partial charge in [0.2, 0.25) is 15.9 Å². The Morgan fingerprint density at radius 3 is 2.36 bits per heavy atom. The second kappa shape index (κ2) is 11.0. The van der Waals surface area contributed by atoms with E-state index in [1.165, 1.54) is 22.3 Å². The third-order valence-electron chi connectivity index (χ3n) is 5.35. The van der Waals surface area contributed by atoms with Gasteiger partial charge in [-0.05, 0) is 46.7 Å². The van der Waals surface area contributed by atoms with Gasteiger partial charge in [0.1, 0.15) is 10.6 Å². The Kier molecular flexibility index (Phi) is 8.34. The lowest BCUT2D eigenvalue weighted by atomic mass is 10.1. The van der Waals surface area contributed by atoms with E-state index in [1.54, 1.807) is 45.0 Å². The number of amides is 1. The molecule has 176 valence electrons. The van der Waals surface area contributed by atoms with Crippen molar-refractivity contribution in [2.75, 3.05) is 33.0 Å². The van der Waals surface area contributed by atoms with Crippen molar-refractivity contribution in [2.45, 2.75) is 30.3 Å². The number of hydrogen-bond acceptors (Lipinski definition) is 6. The zero-order valence-corrected chi connectivity index (χ0v) is 20.9. The van der Waals surface area contributed by atoms with Gasteiger partial charge in [-0.15, -0.1) is 0 Å². The van der Waals surface area contributed by atoms with Gasteiger partial charge in [0.05, 0.1) is 17.9 Å². The minimum absolute atomic E-state index is 0.0310. The van der Waals surface area contributed by atoms with Crippen LogP contribution in [0.25, 0.3) is 10.8 Å². The first kappa shape index (κ1) is 25.0. The van der Waals surface area contributed by atoms with Crippen LogP contribution in [0.4, 0.5) is 0 Å². The molecule has 9 heteroatoms. The molecule has 0 aliphatic carbocycles. The molecule has 0 unspecified atom stereocenters. The third-order valence-corrected chi connectivity index (χ3v) is 8.32. The van der Waals surface area contributed by atoms with Gasteiger partial charge >= 0.3 is 0 Å². The second-order valence-corrected chi connectivity index (χ2v) is 10.4. The molecule has 0 fully saturated rings. The average molecular weight is 488 g/mol. The monoisotopic (exact) mass is 487 g/mol. The second-order valence-electron chi connectivity index (χ2n) is 7.51. The summed E-state index contributed by atoms with van der Waals surface area (Å²) in [7, 11) is -0.120. The maximum atomic E-state index is 12.6. The van der Waals surface area contributed by atoms with E-state index in [9.17, 15) is 13.2 Å². The highest BCUT2D eigenvalue weighted by Crippen LogP contribution is 2.23. The van der Waals surface area contributed by atoms with Crippen LogP contribution in [0.15, 0.2) is 64.6 Å². The third kappa shape index (κ3) is 6.04. The van der Waals surface area contributed by atoms with E-state index in [0.29, 0.717) is 24.7 Å².